The molecule has 1 aromatic carbocycles. The summed E-state index contributed by atoms with van der Waals surface area (Å²) in [7, 11) is 0. The first-order chi connectivity index (χ1) is 7.74. The quantitative estimate of drug-likeness (QED) is 0.754. The van der Waals surface area contributed by atoms with Crippen molar-refractivity contribution in [3.05, 3.63) is 48.0 Å². The van der Waals surface area contributed by atoms with Gasteiger partial charge in [-0.05, 0) is 25.8 Å². The first-order valence-electron chi connectivity index (χ1n) is 5.69. The van der Waals surface area contributed by atoms with Crippen molar-refractivity contribution in [3.8, 4) is 0 Å². The molecule has 0 fully saturated rings. The van der Waals surface area contributed by atoms with Gasteiger partial charge >= 0.3 is 0 Å². The number of nitrogens with one attached hydrogen (secondary N) is 1. The molecule has 0 bridgehead atoms. The molecule has 2 heteroatoms. The number of carbonyl (C=O) groups is 1. The zero-order valence-corrected chi connectivity index (χ0v) is 9.94. The fourth-order valence-corrected chi connectivity index (χ4v) is 1.52. The third kappa shape index (κ3) is 4.30. The molecule has 2 nitrogen and oxygen atoms in total. The molecule has 1 N–H and O–H groups in total. The van der Waals surface area contributed by atoms with Crippen molar-refractivity contribution in [1.82, 2.24) is 5.32 Å². The largest absolute Gasteiger partial charge is 0.350 e. The summed E-state index contributed by atoms with van der Waals surface area (Å²) in [6.45, 7) is 3.97. The average Bonchev–Trinajstić information content (AvgIpc) is 2.30. The summed E-state index contributed by atoms with van der Waals surface area (Å²) in [4.78, 5) is 11.6. The van der Waals surface area contributed by atoms with Crippen molar-refractivity contribution < 1.29 is 4.79 Å². The number of benzene rings is 1. The molecule has 0 saturated carbocycles. The Morgan fingerprint density at radius 1 is 1.38 bits per heavy atom. The lowest BCUT2D eigenvalue weighted by atomic mass is 10.1. The van der Waals surface area contributed by atoms with Crippen LogP contribution in [-0.4, -0.2) is 5.91 Å². The summed E-state index contributed by atoms with van der Waals surface area (Å²) >= 11 is 0. The van der Waals surface area contributed by atoms with Crippen molar-refractivity contribution in [3.63, 3.8) is 0 Å². The van der Waals surface area contributed by atoms with Crippen LogP contribution in [0.3, 0.4) is 0 Å². The van der Waals surface area contributed by atoms with E-state index in [1.165, 1.54) is 0 Å². The molecule has 1 atom stereocenters. The van der Waals surface area contributed by atoms with Crippen molar-refractivity contribution in [1.29, 1.82) is 0 Å². The lowest BCUT2D eigenvalue weighted by Crippen LogP contribution is -2.26. The molecular formula is C14H19NO. The minimum atomic E-state index is 0.0827. The van der Waals surface area contributed by atoms with Crippen molar-refractivity contribution >= 4 is 5.91 Å². The number of hydrogen-bond acceptors (Lipinski definition) is 1. The fraction of sp³-hybridized carbons (Fsp3) is 0.357. The summed E-state index contributed by atoms with van der Waals surface area (Å²) in [5.74, 6) is 0.106. The topological polar surface area (TPSA) is 29.1 Å². The van der Waals surface area contributed by atoms with Crippen LogP contribution in [0, 0.1) is 0 Å². The van der Waals surface area contributed by atoms with E-state index >= 15 is 0 Å². The smallest absolute Gasteiger partial charge is 0.220 e. The summed E-state index contributed by atoms with van der Waals surface area (Å²) in [5.41, 5.74) is 1.14. The molecule has 0 heterocycles. The van der Waals surface area contributed by atoms with Crippen LogP contribution in [0.4, 0.5) is 0 Å². The fourth-order valence-electron chi connectivity index (χ4n) is 1.52. The Labute approximate surface area is 97.4 Å². The number of amides is 1. The number of rotatable bonds is 5. The molecule has 1 rings (SSSR count). The maximum absolute atomic E-state index is 11.6. The summed E-state index contributed by atoms with van der Waals surface area (Å²) in [6, 6.07) is 10.1. The standard InChI is InChI=1S/C14H19NO/c1-3-4-6-11-14(16)15-12(2)13-9-7-5-8-10-13/h3-5,7-10,12H,6,11H2,1-2H3,(H,15,16)/b4-3-. The predicted octanol–water partition coefficient (Wildman–Crippen LogP) is 3.22. The number of allylic oxidation sites excluding steroid dienone is 2. The second-order valence-electron chi connectivity index (χ2n) is 3.81. The zero-order chi connectivity index (χ0) is 11.8. The molecule has 16 heavy (non-hydrogen) atoms. The Hall–Kier alpha value is -1.57. The van der Waals surface area contributed by atoms with Gasteiger partial charge in [-0.25, -0.2) is 0 Å². The van der Waals surface area contributed by atoms with Crippen LogP contribution in [0.2, 0.25) is 0 Å². The first kappa shape index (κ1) is 12.5. The normalized spacial score (nSPS) is 12.6. The molecule has 0 aromatic heterocycles. The predicted molar refractivity (Wildman–Crippen MR) is 67.0 cm³/mol. The molecule has 1 unspecified atom stereocenters. The van der Waals surface area contributed by atoms with E-state index in [4.69, 9.17) is 0 Å². The van der Waals surface area contributed by atoms with Crippen molar-refractivity contribution in [2.45, 2.75) is 32.7 Å². The van der Waals surface area contributed by atoms with E-state index in [0.717, 1.165) is 12.0 Å². The number of hydrogen-bond donors (Lipinski definition) is 1. The maximum atomic E-state index is 11.6. The van der Waals surface area contributed by atoms with Gasteiger partial charge < -0.3 is 5.32 Å². The lowest BCUT2D eigenvalue weighted by molar-refractivity contribution is -0.121. The van der Waals surface area contributed by atoms with Gasteiger partial charge in [0, 0.05) is 6.42 Å². The Morgan fingerprint density at radius 2 is 2.06 bits per heavy atom. The van der Waals surface area contributed by atoms with Crippen LogP contribution >= 0.6 is 0 Å². The van der Waals surface area contributed by atoms with E-state index in [0.29, 0.717) is 6.42 Å². The highest BCUT2D eigenvalue weighted by Gasteiger charge is 2.07. The lowest BCUT2D eigenvalue weighted by Gasteiger charge is -2.13. The molecule has 0 saturated heterocycles. The summed E-state index contributed by atoms with van der Waals surface area (Å²) in [5, 5.41) is 2.98. The Kier molecular flexibility index (Phi) is 5.34. The zero-order valence-electron chi connectivity index (χ0n) is 9.94. The van der Waals surface area contributed by atoms with Gasteiger partial charge in [0.15, 0.2) is 0 Å². The van der Waals surface area contributed by atoms with Gasteiger partial charge in [0.05, 0.1) is 6.04 Å². The van der Waals surface area contributed by atoms with E-state index < -0.39 is 0 Å². The van der Waals surface area contributed by atoms with Crippen LogP contribution in [0.5, 0.6) is 0 Å². The minimum Gasteiger partial charge on any atom is -0.350 e. The first-order valence-corrected chi connectivity index (χ1v) is 5.69. The molecule has 0 aliphatic heterocycles. The molecule has 0 aliphatic carbocycles. The van der Waals surface area contributed by atoms with Crippen molar-refractivity contribution in [2.24, 2.45) is 0 Å². The molecule has 0 spiro atoms. The SMILES string of the molecule is C/C=C\CCC(=O)NC(C)c1ccccc1. The van der Waals surface area contributed by atoms with Gasteiger partial charge in [-0.3, -0.25) is 4.79 Å². The molecule has 1 aromatic rings. The van der Waals surface area contributed by atoms with Crippen LogP contribution in [-0.2, 0) is 4.79 Å². The van der Waals surface area contributed by atoms with Crippen LogP contribution in [0.25, 0.3) is 0 Å². The Morgan fingerprint density at radius 3 is 2.69 bits per heavy atom. The minimum absolute atomic E-state index is 0.0827. The van der Waals surface area contributed by atoms with Gasteiger partial charge in [0.25, 0.3) is 0 Å². The van der Waals surface area contributed by atoms with Gasteiger partial charge in [-0.1, -0.05) is 42.5 Å². The summed E-state index contributed by atoms with van der Waals surface area (Å²) < 4.78 is 0. The van der Waals surface area contributed by atoms with Crippen molar-refractivity contribution in [2.75, 3.05) is 0 Å². The van der Waals surface area contributed by atoms with E-state index in [2.05, 4.69) is 5.32 Å². The highest BCUT2D eigenvalue weighted by molar-refractivity contribution is 5.76. The Balaban J connectivity index is 2.39. The van der Waals surface area contributed by atoms with Crippen LogP contribution < -0.4 is 5.32 Å². The molecule has 0 aliphatic rings. The monoisotopic (exact) mass is 217 g/mol. The van der Waals surface area contributed by atoms with E-state index in [-0.39, 0.29) is 11.9 Å². The second kappa shape index (κ2) is 6.83. The van der Waals surface area contributed by atoms with Crippen LogP contribution in [0.15, 0.2) is 42.5 Å². The van der Waals surface area contributed by atoms with E-state index in [1.54, 1.807) is 0 Å². The molecule has 0 radical (unpaired) electrons. The Bertz CT molecular complexity index is 343. The average molecular weight is 217 g/mol. The molecule has 86 valence electrons. The van der Waals surface area contributed by atoms with Gasteiger partial charge in [0.2, 0.25) is 5.91 Å². The maximum Gasteiger partial charge on any atom is 0.220 e. The van der Waals surface area contributed by atoms with Gasteiger partial charge in [0.1, 0.15) is 0 Å². The highest BCUT2D eigenvalue weighted by atomic mass is 16.1. The number of carbonyl (C=O) groups excluding carboxylic acids is 1. The van der Waals surface area contributed by atoms with Gasteiger partial charge in [-0.2, -0.15) is 0 Å². The molecule has 1 amide bonds. The second-order valence-corrected chi connectivity index (χ2v) is 3.81. The summed E-state index contributed by atoms with van der Waals surface area (Å²) in [6.07, 6.45) is 5.34. The highest BCUT2D eigenvalue weighted by Crippen LogP contribution is 2.11. The van der Waals surface area contributed by atoms with Crippen LogP contribution in [0.1, 0.15) is 38.3 Å². The van der Waals surface area contributed by atoms with Gasteiger partial charge in [-0.15, -0.1) is 0 Å². The molecular weight excluding hydrogens is 198 g/mol. The van der Waals surface area contributed by atoms with E-state index in [9.17, 15) is 4.79 Å². The van der Waals surface area contributed by atoms with E-state index in [1.807, 2.05) is 56.3 Å². The third-order valence-electron chi connectivity index (χ3n) is 2.45. The third-order valence-corrected chi connectivity index (χ3v) is 2.45.